The summed E-state index contributed by atoms with van der Waals surface area (Å²) in [6.45, 7) is 0. The van der Waals surface area contributed by atoms with E-state index in [0.29, 0.717) is 0 Å². The molecule has 0 atom stereocenters. The largest absolute Gasteiger partial charge is 0.463 e. The Morgan fingerprint density at radius 3 is 2.83 bits per heavy atom. The molecule has 1 aliphatic carbocycles. The van der Waals surface area contributed by atoms with Crippen LogP contribution in [0.3, 0.4) is 0 Å². The first-order chi connectivity index (χ1) is 8.75. The number of rotatable bonds is 2. The summed E-state index contributed by atoms with van der Waals surface area (Å²) >= 11 is 3.46. The quantitative estimate of drug-likeness (QED) is 0.613. The van der Waals surface area contributed by atoms with Gasteiger partial charge in [0.05, 0.1) is 10.0 Å². The van der Waals surface area contributed by atoms with Crippen molar-refractivity contribution < 1.29 is 9.21 Å². The Hall–Kier alpha value is -1.38. The van der Waals surface area contributed by atoms with Crippen LogP contribution < -0.4 is 0 Å². The lowest BCUT2D eigenvalue weighted by molar-refractivity contribution is 0.456. The summed E-state index contributed by atoms with van der Waals surface area (Å²) in [5, 5.41) is 1.03. The highest BCUT2D eigenvalue weighted by atomic mass is 79.9. The number of halogens is 1. The van der Waals surface area contributed by atoms with Crippen LogP contribution in [0.1, 0.15) is 31.2 Å². The molecule has 92 valence electrons. The van der Waals surface area contributed by atoms with Crippen LogP contribution in [0.4, 0.5) is 0 Å². The zero-order chi connectivity index (χ0) is 12.6. The molecule has 3 nitrogen and oxygen atoms in total. The maximum Gasteiger partial charge on any atom is 0.235 e. The van der Waals surface area contributed by atoms with Crippen molar-refractivity contribution in [1.29, 1.82) is 0 Å². The highest BCUT2D eigenvalue weighted by Crippen LogP contribution is 2.43. The van der Waals surface area contributed by atoms with Gasteiger partial charge in [0.25, 0.3) is 0 Å². The van der Waals surface area contributed by atoms with Gasteiger partial charge in [0.15, 0.2) is 0 Å². The van der Waals surface area contributed by atoms with E-state index in [0.717, 1.165) is 46.7 Å². The number of carbonyl (C=O) groups excluding carboxylic acids is 1. The molecule has 0 radical (unpaired) electrons. The Bertz CT molecular complexity index is 634. The molecule has 1 aromatic heterocycles. The van der Waals surface area contributed by atoms with Gasteiger partial charge < -0.3 is 4.42 Å². The van der Waals surface area contributed by atoms with E-state index >= 15 is 0 Å². The van der Waals surface area contributed by atoms with E-state index in [1.165, 1.54) is 0 Å². The van der Waals surface area contributed by atoms with Crippen molar-refractivity contribution in [1.82, 2.24) is 0 Å². The SMILES string of the molecule is O=C=NC1(c2ccc3occ(Br)c3c2)CCCC1. The number of isocyanates is 1. The molecule has 2 aromatic rings. The molecule has 0 spiro atoms. The fourth-order valence-electron chi connectivity index (χ4n) is 2.80. The van der Waals surface area contributed by atoms with E-state index in [2.05, 4.69) is 27.0 Å². The molecule has 1 fully saturated rings. The molecule has 0 amide bonds. The average Bonchev–Trinajstić information content (AvgIpc) is 2.98. The average molecular weight is 306 g/mol. The minimum Gasteiger partial charge on any atom is -0.463 e. The van der Waals surface area contributed by atoms with Gasteiger partial charge in [-0.3, -0.25) is 0 Å². The van der Waals surface area contributed by atoms with Crippen molar-refractivity contribution in [2.45, 2.75) is 31.2 Å². The number of hydrogen-bond acceptors (Lipinski definition) is 3. The monoisotopic (exact) mass is 305 g/mol. The summed E-state index contributed by atoms with van der Waals surface area (Å²) in [7, 11) is 0. The molecule has 1 aliphatic rings. The standard InChI is InChI=1S/C14H12BrNO2/c15-12-8-18-13-4-3-10(7-11(12)13)14(16-9-17)5-1-2-6-14/h3-4,7-8H,1-2,5-6H2. The third-order valence-corrected chi connectivity index (χ3v) is 4.37. The fourth-order valence-corrected chi connectivity index (χ4v) is 3.20. The lowest BCUT2D eigenvalue weighted by Crippen LogP contribution is -2.18. The molecule has 0 saturated heterocycles. The van der Waals surface area contributed by atoms with Gasteiger partial charge in [0.1, 0.15) is 11.8 Å². The molecule has 1 aromatic carbocycles. The van der Waals surface area contributed by atoms with Gasteiger partial charge >= 0.3 is 0 Å². The van der Waals surface area contributed by atoms with Crippen molar-refractivity contribution in [2.24, 2.45) is 4.99 Å². The third kappa shape index (κ3) is 1.73. The van der Waals surface area contributed by atoms with Crippen LogP contribution in [0.2, 0.25) is 0 Å². The highest BCUT2D eigenvalue weighted by molar-refractivity contribution is 9.10. The lowest BCUT2D eigenvalue weighted by Gasteiger charge is -2.22. The molecular formula is C14H12BrNO2. The third-order valence-electron chi connectivity index (χ3n) is 3.75. The van der Waals surface area contributed by atoms with Gasteiger partial charge in [-0.15, -0.1) is 0 Å². The Kier molecular flexibility index (Phi) is 2.84. The van der Waals surface area contributed by atoms with Crippen LogP contribution in [0, 0.1) is 0 Å². The Labute approximate surface area is 113 Å². The van der Waals surface area contributed by atoms with E-state index in [-0.39, 0.29) is 5.54 Å². The predicted molar refractivity (Wildman–Crippen MR) is 72.2 cm³/mol. The molecule has 0 aliphatic heterocycles. The summed E-state index contributed by atoms with van der Waals surface area (Å²) < 4.78 is 6.34. The van der Waals surface area contributed by atoms with E-state index in [1.807, 2.05) is 12.1 Å². The molecule has 0 unspecified atom stereocenters. The maximum atomic E-state index is 10.7. The zero-order valence-electron chi connectivity index (χ0n) is 9.78. The number of hydrogen-bond donors (Lipinski definition) is 0. The Balaban J connectivity index is 2.17. The first kappa shape index (κ1) is 11.7. The number of nitrogens with zero attached hydrogens (tertiary/aromatic N) is 1. The molecule has 18 heavy (non-hydrogen) atoms. The predicted octanol–water partition coefficient (Wildman–Crippen LogP) is 4.30. The summed E-state index contributed by atoms with van der Waals surface area (Å²) in [5.74, 6) is 0. The van der Waals surface area contributed by atoms with Crippen molar-refractivity contribution in [2.75, 3.05) is 0 Å². The van der Waals surface area contributed by atoms with Gasteiger partial charge in [0.2, 0.25) is 6.08 Å². The summed E-state index contributed by atoms with van der Waals surface area (Å²) in [6.07, 6.45) is 7.48. The van der Waals surface area contributed by atoms with Gasteiger partial charge in [-0.1, -0.05) is 18.9 Å². The first-order valence-electron chi connectivity index (χ1n) is 6.01. The van der Waals surface area contributed by atoms with Gasteiger partial charge in [0, 0.05) is 5.39 Å². The molecule has 0 bridgehead atoms. The fraction of sp³-hybridized carbons (Fsp3) is 0.357. The van der Waals surface area contributed by atoms with Crippen molar-refractivity contribution in [3.63, 3.8) is 0 Å². The van der Waals surface area contributed by atoms with E-state index < -0.39 is 0 Å². The number of fused-ring (bicyclic) bond motifs is 1. The van der Waals surface area contributed by atoms with Crippen LogP contribution >= 0.6 is 15.9 Å². The normalized spacial score (nSPS) is 17.8. The van der Waals surface area contributed by atoms with Gasteiger partial charge in [-0.05, 0) is 46.5 Å². The van der Waals surface area contributed by atoms with Crippen LogP contribution in [-0.2, 0) is 10.3 Å². The highest BCUT2D eigenvalue weighted by Gasteiger charge is 2.35. The van der Waals surface area contributed by atoms with Crippen molar-refractivity contribution in [3.05, 3.63) is 34.5 Å². The van der Waals surface area contributed by atoms with Crippen molar-refractivity contribution in [3.8, 4) is 0 Å². The Morgan fingerprint density at radius 2 is 2.11 bits per heavy atom. The topological polar surface area (TPSA) is 42.6 Å². The minimum absolute atomic E-state index is 0.368. The molecule has 3 rings (SSSR count). The summed E-state index contributed by atoms with van der Waals surface area (Å²) in [4.78, 5) is 14.8. The molecular weight excluding hydrogens is 294 g/mol. The van der Waals surface area contributed by atoms with E-state index in [1.54, 1.807) is 12.3 Å². The van der Waals surface area contributed by atoms with Crippen LogP contribution in [0.5, 0.6) is 0 Å². The van der Waals surface area contributed by atoms with Crippen LogP contribution in [0.15, 0.2) is 38.3 Å². The van der Waals surface area contributed by atoms with Gasteiger partial charge in [-0.25, -0.2) is 4.79 Å². The second kappa shape index (κ2) is 4.38. The Morgan fingerprint density at radius 1 is 1.33 bits per heavy atom. The summed E-state index contributed by atoms with van der Waals surface area (Å²) in [6, 6.07) is 6.01. The minimum atomic E-state index is -0.368. The first-order valence-corrected chi connectivity index (χ1v) is 6.81. The van der Waals surface area contributed by atoms with Crippen LogP contribution in [-0.4, -0.2) is 6.08 Å². The smallest absolute Gasteiger partial charge is 0.235 e. The molecule has 4 heteroatoms. The second-order valence-electron chi connectivity index (χ2n) is 4.74. The second-order valence-corrected chi connectivity index (χ2v) is 5.59. The molecule has 0 N–H and O–H groups in total. The zero-order valence-corrected chi connectivity index (χ0v) is 11.4. The maximum absolute atomic E-state index is 10.7. The molecule has 1 saturated carbocycles. The lowest BCUT2D eigenvalue weighted by atomic mass is 9.88. The number of aliphatic imine (C=N–C) groups is 1. The summed E-state index contributed by atoms with van der Waals surface area (Å²) in [5.41, 5.74) is 1.55. The van der Waals surface area contributed by atoms with Crippen molar-refractivity contribution >= 4 is 33.0 Å². The van der Waals surface area contributed by atoms with E-state index in [4.69, 9.17) is 4.42 Å². The number of furan rings is 1. The van der Waals surface area contributed by atoms with E-state index in [9.17, 15) is 4.79 Å². The van der Waals surface area contributed by atoms with Crippen LogP contribution in [0.25, 0.3) is 11.0 Å². The number of benzene rings is 1. The molecule has 1 heterocycles. The van der Waals surface area contributed by atoms with Gasteiger partial charge in [-0.2, -0.15) is 4.99 Å².